The maximum atomic E-state index is 11.8. The highest BCUT2D eigenvalue weighted by Crippen LogP contribution is 2.11. The molecule has 1 rings (SSSR count). The van der Waals surface area contributed by atoms with Crippen molar-refractivity contribution in [2.75, 3.05) is 53.6 Å². The van der Waals surface area contributed by atoms with Crippen LogP contribution >= 0.6 is 0 Å². The molecule has 1 aliphatic rings. The Balaban J connectivity index is 2.05. The molecule has 1 heterocycles. The zero-order valence-corrected chi connectivity index (χ0v) is 12.1. The highest BCUT2D eigenvalue weighted by atomic mass is 16.5. The summed E-state index contributed by atoms with van der Waals surface area (Å²) in [5, 5.41) is 12.1. The molecule has 6 nitrogen and oxygen atoms in total. The third kappa shape index (κ3) is 6.22. The van der Waals surface area contributed by atoms with E-state index in [-0.39, 0.29) is 12.6 Å². The number of urea groups is 1. The summed E-state index contributed by atoms with van der Waals surface area (Å²) in [4.78, 5) is 15.3. The molecule has 0 atom stereocenters. The Kier molecular flexibility index (Phi) is 7.78. The van der Waals surface area contributed by atoms with Gasteiger partial charge in [-0.15, -0.1) is 0 Å². The van der Waals surface area contributed by atoms with Crippen LogP contribution in [-0.2, 0) is 4.74 Å². The monoisotopic (exact) mass is 273 g/mol. The summed E-state index contributed by atoms with van der Waals surface area (Å²) in [6.45, 7) is 3.78. The number of nitrogens with one attached hydrogen (secondary N) is 1. The lowest BCUT2D eigenvalue weighted by Crippen LogP contribution is -2.48. The van der Waals surface area contributed by atoms with Crippen LogP contribution in [0.1, 0.15) is 19.3 Å². The number of nitrogens with zero attached hydrogens (tertiary/aromatic N) is 2. The quantitative estimate of drug-likeness (QED) is 0.647. The molecule has 0 aromatic rings. The van der Waals surface area contributed by atoms with Crippen LogP contribution in [0.4, 0.5) is 4.79 Å². The number of likely N-dealkylation sites (tertiary alicyclic amines) is 1. The Morgan fingerprint density at radius 3 is 2.63 bits per heavy atom. The van der Waals surface area contributed by atoms with Gasteiger partial charge in [0.15, 0.2) is 0 Å². The van der Waals surface area contributed by atoms with Gasteiger partial charge in [0.25, 0.3) is 0 Å². The molecular formula is C13H27N3O3. The van der Waals surface area contributed by atoms with Crippen molar-refractivity contribution in [3.8, 4) is 0 Å². The Labute approximate surface area is 115 Å². The van der Waals surface area contributed by atoms with Gasteiger partial charge in [0, 0.05) is 39.8 Å². The lowest BCUT2D eigenvalue weighted by molar-refractivity contribution is 0.0898. The maximum absolute atomic E-state index is 11.8. The van der Waals surface area contributed by atoms with Crippen LogP contribution in [0.15, 0.2) is 0 Å². The van der Waals surface area contributed by atoms with Crippen molar-refractivity contribution >= 4 is 6.03 Å². The molecule has 1 saturated heterocycles. The van der Waals surface area contributed by atoms with Gasteiger partial charge in [-0.2, -0.15) is 0 Å². The molecule has 0 radical (unpaired) electrons. The van der Waals surface area contributed by atoms with Gasteiger partial charge in [0.2, 0.25) is 0 Å². The fourth-order valence-corrected chi connectivity index (χ4v) is 2.20. The predicted molar refractivity (Wildman–Crippen MR) is 74.2 cm³/mol. The van der Waals surface area contributed by atoms with Crippen LogP contribution in [0, 0.1) is 0 Å². The first kappa shape index (κ1) is 16.2. The molecule has 6 heteroatoms. The third-order valence-electron chi connectivity index (χ3n) is 3.28. The summed E-state index contributed by atoms with van der Waals surface area (Å²) in [7, 11) is 3.58. The lowest BCUT2D eigenvalue weighted by atomic mass is 10.1. The number of ether oxygens (including phenoxy) is 1. The topological polar surface area (TPSA) is 65.0 Å². The van der Waals surface area contributed by atoms with Gasteiger partial charge in [0.1, 0.15) is 0 Å². The average Bonchev–Trinajstić information content (AvgIpc) is 2.42. The summed E-state index contributed by atoms with van der Waals surface area (Å²) < 4.78 is 5.20. The second-order valence-electron chi connectivity index (χ2n) is 5.08. The Morgan fingerprint density at radius 1 is 1.37 bits per heavy atom. The Hall–Kier alpha value is -0.850. The summed E-state index contributed by atoms with van der Waals surface area (Å²) in [6.07, 6.45) is 2.98. The zero-order valence-electron chi connectivity index (χ0n) is 12.1. The summed E-state index contributed by atoms with van der Waals surface area (Å²) in [5.74, 6) is 0. The highest BCUT2D eigenvalue weighted by molar-refractivity contribution is 5.73. The SMILES string of the molecule is CN(C)C(=O)N1CCC(NCCCOCCO)CC1. The molecule has 1 fully saturated rings. The zero-order chi connectivity index (χ0) is 14.1. The van der Waals surface area contributed by atoms with Crippen LogP contribution in [0.25, 0.3) is 0 Å². The van der Waals surface area contributed by atoms with Gasteiger partial charge < -0.3 is 25.0 Å². The van der Waals surface area contributed by atoms with Crippen molar-refractivity contribution in [2.24, 2.45) is 0 Å². The molecule has 0 bridgehead atoms. The number of rotatable bonds is 7. The lowest BCUT2D eigenvalue weighted by Gasteiger charge is -2.34. The van der Waals surface area contributed by atoms with E-state index in [2.05, 4.69) is 5.32 Å². The second-order valence-corrected chi connectivity index (χ2v) is 5.08. The van der Waals surface area contributed by atoms with Crippen LogP contribution < -0.4 is 5.32 Å². The van der Waals surface area contributed by atoms with E-state index in [4.69, 9.17) is 9.84 Å². The number of amides is 2. The Morgan fingerprint density at radius 2 is 2.05 bits per heavy atom. The van der Waals surface area contributed by atoms with E-state index < -0.39 is 0 Å². The minimum Gasteiger partial charge on any atom is -0.394 e. The maximum Gasteiger partial charge on any atom is 0.319 e. The minimum absolute atomic E-state index is 0.0891. The average molecular weight is 273 g/mol. The molecule has 2 N–H and O–H groups in total. The number of piperidine rings is 1. The number of aliphatic hydroxyl groups excluding tert-OH is 1. The molecule has 112 valence electrons. The van der Waals surface area contributed by atoms with E-state index in [1.165, 1.54) is 0 Å². The predicted octanol–water partition coefficient (Wildman–Crippen LogP) is 0.121. The van der Waals surface area contributed by atoms with Crippen molar-refractivity contribution in [1.29, 1.82) is 0 Å². The number of carbonyl (C=O) groups excluding carboxylic acids is 1. The molecular weight excluding hydrogens is 246 g/mol. The normalized spacial score (nSPS) is 16.7. The summed E-state index contributed by atoms with van der Waals surface area (Å²) >= 11 is 0. The standard InChI is InChI=1S/C13H27N3O3/c1-15(2)13(18)16-7-4-12(5-8-16)14-6-3-10-19-11-9-17/h12,14,17H,3-11H2,1-2H3. The smallest absolute Gasteiger partial charge is 0.319 e. The van der Waals surface area contributed by atoms with E-state index in [0.717, 1.165) is 38.9 Å². The fourth-order valence-electron chi connectivity index (χ4n) is 2.20. The summed E-state index contributed by atoms with van der Waals surface area (Å²) in [6, 6.07) is 0.611. The van der Waals surface area contributed by atoms with E-state index in [1.807, 2.05) is 4.90 Å². The molecule has 0 aromatic heterocycles. The molecule has 19 heavy (non-hydrogen) atoms. The van der Waals surface area contributed by atoms with Gasteiger partial charge in [0.05, 0.1) is 13.2 Å². The van der Waals surface area contributed by atoms with Crippen LogP contribution in [0.3, 0.4) is 0 Å². The van der Waals surface area contributed by atoms with E-state index in [1.54, 1.807) is 19.0 Å². The van der Waals surface area contributed by atoms with Crippen molar-refractivity contribution in [1.82, 2.24) is 15.1 Å². The first-order valence-electron chi connectivity index (χ1n) is 7.03. The molecule has 0 aromatic carbocycles. The molecule has 0 aliphatic carbocycles. The number of aliphatic hydroxyl groups is 1. The Bertz CT molecular complexity index is 254. The van der Waals surface area contributed by atoms with Crippen molar-refractivity contribution in [3.63, 3.8) is 0 Å². The molecule has 1 aliphatic heterocycles. The molecule has 0 saturated carbocycles. The molecule has 0 unspecified atom stereocenters. The van der Waals surface area contributed by atoms with Gasteiger partial charge in [-0.05, 0) is 25.8 Å². The second kappa shape index (κ2) is 9.12. The van der Waals surface area contributed by atoms with Gasteiger partial charge in [-0.1, -0.05) is 0 Å². The van der Waals surface area contributed by atoms with E-state index in [0.29, 0.717) is 19.3 Å². The summed E-state index contributed by atoms with van der Waals surface area (Å²) in [5.41, 5.74) is 0. The first-order valence-corrected chi connectivity index (χ1v) is 7.03. The number of hydrogen-bond acceptors (Lipinski definition) is 4. The first-order chi connectivity index (χ1) is 9.15. The van der Waals surface area contributed by atoms with Crippen LogP contribution in [-0.4, -0.2) is 80.5 Å². The van der Waals surface area contributed by atoms with Crippen molar-refractivity contribution < 1.29 is 14.6 Å². The largest absolute Gasteiger partial charge is 0.394 e. The number of hydrogen-bond donors (Lipinski definition) is 2. The van der Waals surface area contributed by atoms with Gasteiger partial charge in [-0.25, -0.2) is 4.79 Å². The highest BCUT2D eigenvalue weighted by Gasteiger charge is 2.22. The minimum atomic E-state index is 0.0891. The third-order valence-corrected chi connectivity index (χ3v) is 3.28. The van der Waals surface area contributed by atoms with Crippen molar-refractivity contribution in [2.45, 2.75) is 25.3 Å². The van der Waals surface area contributed by atoms with Crippen LogP contribution in [0.5, 0.6) is 0 Å². The van der Waals surface area contributed by atoms with Crippen LogP contribution in [0.2, 0.25) is 0 Å². The van der Waals surface area contributed by atoms with Crippen molar-refractivity contribution in [3.05, 3.63) is 0 Å². The van der Waals surface area contributed by atoms with E-state index >= 15 is 0 Å². The molecule has 0 spiro atoms. The number of carbonyl (C=O) groups is 1. The van der Waals surface area contributed by atoms with Gasteiger partial charge >= 0.3 is 6.03 Å². The molecule has 2 amide bonds. The van der Waals surface area contributed by atoms with E-state index in [9.17, 15) is 4.79 Å². The fraction of sp³-hybridized carbons (Fsp3) is 0.923. The van der Waals surface area contributed by atoms with Gasteiger partial charge in [-0.3, -0.25) is 0 Å².